The third-order valence-corrected chi connectivity index (χ3v) is 7.91. The maximum absolute atomic E-state index is 15.2. The molecule has 36 heavy (non-hydrogen) atoms. The van der Waals surface area contributed by atoms with Gasteiger partial charge in [-0.25, -0.2) is 4.79 Å². The van der Waals surface area contributed by atoms with Crippen LogP contribution in [0, 0.1) is 0 Å². The maximum Gasteiger partial charge on any atom is 0.509 e. The van der Waals surface area contributed by atoms with Gasteiger partial charge >= 0.3 is 6.16 Å². The first kappa shape index (κ1) is 20.9. The standard InChI is InChI=1S/C32H22O4/c33-29-31(23-17-9-3-10-18-23)25(21-13-5-1-6-14-21)26(22-15-7-2-8-16-22)32(29,24-19-11-4-12-20-24)28-27(31)35-30(34)36-28/h1-20,27-28H/t27-,28+,31-,32-/m1/s1. The molecule has 7 rings (SSSR count). The van der Waals surface area contributed by atoms with Crippen LogP contribution in [-0.4, -0.2) is 24.1 Å². The lowest BCUT2D eigenvalue weighted by Gasteiger charge is -2.38. The van der Waals surface area contributed by atoms with Crippen molar-refractivity contribution in [3.63, 3.8) is 0 Å². The Morgan fingerprint density at radius 1 is 0.472 bits per heavy atom. The molecule has 0 N–H and O–H groups in total. The molecular formula is C32H22O4. The topological polar surface area (TPSA) is 52.6 Å². The Kier molecular flexibility index (Phi) is 4.37. The molecule has 0 unspecified atom stereocenters. The number of carbonyl (C=O) groups is 2. The first-order chi connectivity index (χ1) is 17.7. The van der Waals surface area contributed by atoms with Crippen LogP contribution in [0.25, 0.3) is 11.1 Å². The average molecular weight is 471 g/mol. The molecule has 0 spiro atoms. The van der Waals surface area contributed by atoms with Gasteiger partial charge in [0.1, 0.15) is 10.8 Å². The Bertz CT molecular complexity index is 1400. The van der Waals surface area contributed by atoms with Crippen LogP contribution in [0.5, 0.6) is 0 Å². The molecule has 3 aliphatic rings. The first-order valence-electron chi connectivity index (χ1n) is 12.1. The molecule has 0 amide bonds. The number of Topliss-reactive ketones (excluding diaryl/α,β-unsaturated/α-hetero) is 1. The van der Waals surface area contributed by atoms with E-state index < -0.39 is 29.2 Å². The van der Waals surface area contributed by atoms with Crippen molar-refractivity contribution in [3.8, 4) is 0 Å². The summed E-state index contributed by atoms with van der Waals surface area (Å²) in [4.78, 5) is 27.9. The first-order valence-corrected chi connectivity index (χ1v) is 12.1. The summed E-state index contributed by atoms with van der Waals surface area (Å²) in [6.45, 7) is 0. The van der Waals surface area contributed by atoms with Gasteiger partial charge in [0.15, 0.2) is 18.0 Å². The molecular weight excluding hydrogens is 448 g/mol. The number of fused-ring (bicyclic) bond motifs is 5. The Morgan fingerprint density at radius 3 is 1.17 bits per heavy atom. The van der Waals surface area contributed by atoms with E-state index in [4.69, 9.17) is 9.47 Å². The van der Waals surface area contributed by atoms with Crippen molar-refractivity contribution in [3.05, 3.63) is 144 Å². The highest BCUT2D eigenvalue weighted by atomic mass is 16.8. The van der Waals surface area contributed by atoms with Crippen molar-refractivity contribution in [2.24, 2.45) is 0 Å². The number of ether oxygens (including phenoxy) is 2. The summed E-state index contributed by atoms with van der Waals surface area (Å²) in [7, 11) is 0. The monoisotopic (exact) mass is 470 g/mol. The quantitative estimate of drug-likeness (QED) is 0.345. The van der Waals surface area contributed by atoms with Crippen molar-refractivity contribution < 1.29 is 19.1 Å². The summed E-state index contributed by atoms with van der Waals surface area (Å²) in [5.41, 5.74) is 2.74. The van der Waals surface area contributed by atoms with Gasteiger partial charge in [-0.2, -0.15) is 0 Å². The SMILES string of the molecule is O=C1O[C@@H]2[C@H](O1)[C@]1(c3ccccc3)C(=O)[C@]2(c2ccccc2)C(c2ccccc2)=C1c1ccccc1. The molecule has 4 aromatic rings. The van der Waals surface area contributed by atoms with E-state index in [1.807, 2.05) is 121 Å². The van der Waals surface area contributed by atoms with Gasteiger partial charge in [-0.1, -0.05) is 121 Å². The summed E-state index contributed by atoms with van der Waals surface area (Å²) >= 11 is 0. The van der Waals surface area contributed by atoms with Crippen LogP contribution in [0.4, 0.5) is 4.79 Å². The highest BCUT2D eigenvalue weighted by molar-refractivity contribution is 6.30. The van der Waals surface area contributed by atoms with Gasteiger partial charge in [0.05, 0.1) is 0 Å². The van der Waals surface area contributed by atoms with Crippen molar-refractivity contribution in [2.75, 3.05) is 0 Å². The molecule has 174 valence electrons. The van der Waals surface area contributed by atoms with Gasteiger partial charge in [-0.3, -0.25) is 4.79 Å². The largest absolute Gasteiger partial charge is 0.509 e. The van der Waals surface area contributed by atoms with Gasteiger partial charge in [-0.05, 0) is 33.4 Å². The molecule has 4 aromatic carbocycles. The molecule has 4 atom stereocenters. The van der Waals surface area contributed by atoms with E-state index in [0.717, 1.165) is 33.4 Å². The normalized spacial score (nSPS) is 28.1. The molecule has 1 heterocycles. The van der Waals surface area contributed by atoms with Gasteiger partial charge in [0.25, 0.3) is 0 Å². The molecule has 2 bridgehead atoms. The minimum Gasteiger partial charge on any atom is -0.425 e. The fourth-order valence-corrected chi connectivity index (χ4v) is 6.70. The Morgan fingerprint density at radius 2 is 0.806 bits per heavy atom. The van der Waals surface area contributed by atoms with Crippen LogP contribution in [-0.2, 0) is 25.1 Å². The van der Waals surface area contributed by atoms with Crippen molar-refractivity contribution in [2.45, 2.75) is 23.0 Å². The number of carbonyl (C=O) groups excluding carboxylic acids is 2. The van der Waals surface area contributed by atoms with Crippen LogP contribution < -0.4 is 0 Å². The van der Waals surface area contributed by atoms with Gasteiger partial charge in [0, 0.05) is 0 Å². The van der Waals surface area contributed by atoms with E-state index in [1.165, 1.54) is 0 Å². The van der Waals surface area contributed by atoms with Crippen LogP contribution in [0.3, 0.4) is 0 Å². The minimum atomic E-state index is -1.22. The Labute approximate surface area is 208 Å². The molecule has 0 radical (unpaired) electrons. The maximum atomic E-state index is 15.2. The number of rotatable bonds is 4. The van der Waals surface area contributed by atoms with E-state index in [0.29, 0.717) is 0 Å². The van der Waals surface area contributed by atoms with Crippen LogP contribution in [0.2, 0.25) is 0 Å². The molecule has 4 nitrogen and oxygen atoms in total. The number of hydrogen-bond donors (Lipinski definition) is 0. The lowest BCUT2D eigenvalue weighted by atomic mass is 9.65. The highest BCUT2D eigenvalue weighted by Crippen LogP contribution is 2.70. The van der Waals surface area contributed by atoms with E-state index in [9.17, 15) is 4.79 Å². The average Bonchev–Trinajstić information content (AvgIpc) is 3.51. The number of benzene rings is 4. The summed E-state index contributed by atoms with van der Waals surface area (Å²) in [6.07, 6.45) is -2.31. The lowest BCUT2D eigenvalue weighted by Crippen LogP contribution is -2.45. The summed E-state index contributed by atoms with van der Waals surface area (Å²) in [5, 5.41) is 0. The van der Waals surface area contributed by atoms with E-state index >= 15 is 4.79 Å². The summed E-state index contributed by atoms with van der Waals surface area (Å²) in [6, 6.07) is 39.3. The summed E-state index contributed by atoms with van der Waals surface area (Å²) < 4.78 is 11.8. The van der Waals surface area contributed by atoms with Crippen LogP contribution in [0.1, 0.15) is 22.3 Å². The minimum absolute atomic E-state index is 0.0207. The molecule has 4 heteroatoms. The van der Waals surface area contributed by atoms with Crippen LogP contribution in [0.15, 0.2) is 121 Å². The van der Waals surface area contributed by atoms with Crippen molar-refractivity contribution in [1.29, 1.82) is 0 Å². The van der Waals surface area contributed by atoms with Crippen molar-refractivity contribution >= 4 is 23.1 Å². The number of hydrogen-bond acceptors (Lipinski definition) is 4. The second-order valence-electron chi connectivity index (χ2n) is 9.49. The lowest BCUT2D eigenvalue weighted by molar-refractivity contribution is -0.124. The Hall–Kier alpha value is -4.44. The third kappa shape index (κ3) is 2.43. The zero-order valence-corrected chi connectivity index (χ0v) is 19.3. The second kappa shape index (κ2) is 7.53. The van der Waals surface area contributed by atoms with Gasteiger partial charge in [-0.15, -0.1) is 0 Å². The molecule has 1 aliphatic heterocycles. The predicted octanol–water partition coefficient (Wildman–Crippen LogP) is 5.97. The van der Waals surface area contributed by atoms with Gasteiger partial charge in [0.2, 0.25) is 0 Å². The number of ketones is 1. The van der Waals surface area contributed by atoms with Crippen LogP contribution >= 0.6 is 0 Å². The molecule has 0 aromatic heterocycles. The second-order valence-corrected chi connectivity index (χ2v) is 9.49. The molecule has 2 aliphatic carbocycles. The fraction of sp³-hybridized carbons (Fsp3) is 0.125. The zero-order chi connectivity index (χ0) is 24.3. The van der Waals surface area contributed by atoms with Gasteiger partial charge < -0.3 is 9.47 Å². The van der Waals surface area contributed by atoms with E-state index in [2.05, 4.69) is 0 Å². The zero-order valence-electron chi connectivity index (χ0n) is 19.3. The Balaban J connectivity index is 1.70. The highest BCUT2D eigenvalue weighted by Gasteiger charge is 2.81. The molecule has 1 saturated heterocycles. The predicted molar refractivity (Wildman–Crippen MR) is 136 cm³/mol. The molecule has 1 saturated carbocycles. The third-order valence-electron chi connectivity index (χ3n) is 7.91. The van der Waals surface area contributed by atoms with Crippen molar-refractivity contribution in [1.82, 2.24) is 0 Å². The van der Waals surface area contributed by atoms with E-state index in [-0.39, 0.29) is 5.78 Å². The molecule has 2 fully saturated rings. The van der Waals surface area contributed by atoms with E-state index in [1.54, 1.807) is 0 Å². The summed E-state index contributed by atoms with van der Waals surface area (Å²) in [5.74, 6) is -0.0207. The fourth-order valence-electron chi connectivity index (χ4n) is 6.70. The smallest absolute Gasteiger partial charge is 0.425 e.